The molecule has 13 heavy (non-hydrogen) atoms. The fourth-order valence-electron chi connectivity index (χ4n) is 0.727. The van der Waals surface area contributed by atoms with Gasteiger partial charge in [0.1, 0.15) is 6.04 Å². The lowest BCUT2D eigenvalue weighted by molar-refractivity contribution is -0.139. The minimum Gasteiger partial charge on any atom is -0.480 e. The van der Waals surface area contributed by atoms with E-state index >= 15 is 0 Å². The summed E-state index contributed by atoms with van der Waals surface area (Å²) < 4.78 is 26.2. The van der Waals surface area contributed by atoms with Crippen LogP contribution >= 0.6 is 0 Å². The van der Waals surface area contributed by atoms with Crippen molar-refractivity contribution in [3.05, 3.63) is 0 Å². The molecule has 0 aromatic heterocycles. The Morgan fingerprint density at radius 2 is 2.00 bits per heavy atom. The summed E-state index contributed by atoms with van der Waals surface area (Å²) in [6.07, 6.45) is 0.208. The summed E-state index contributed by atoms with van der Waals surface area (Å²) in [4.78, 5) is 10.5. The van der Waals surface area contributed by atoms with E-state index in [0.29, 0.717) is 0 Å². The lowest BCUT2D eigenvalue weighted by Gasteiger charge is -2.12. The third kappa shape index (κ3) is 4.81. The molecule has 1 atom stereocenters. The second kappa shape index (κ2) is 5.15. The van der Waals surface area contributed by atoms with E-state index in [-0.39, 0.29) is 13.0 Å². The molecule has 0 unspecified atom stereocenters. The molecular formula is C6H14N2O4S. The summed E-state index contributed by atoms with van der Waals surface area (Å²) in [6.45, 7) is 3.43. The predicted molar refractivity (Wildman–Crippen MR) is 47.4 cm³/mol. The van der Waals surface area contributed by atoms with Gasteiger partial charge in [-0.05, 0) is 6.42 Å². The molecule has 6 nitrogen and oxygen atoms in total. The van der Waals surface area contributed by atoms with Crippen LogP contribution in [0.2, 0.25) is 0 Å². The van der Waals surface area contributed by atoms with Crippen LogP contribution in [0.25, 0.3) is 0 Å². The van der Waals surface area contributed by atoms with Crippen LogP contribution in [0.4, 0.5) is 0 Å². The van der Waals surface area contributed by atoms with Crippen LogP contribution in [0.15, 0.2) is 0 Å². The minimum absolute atomic E-state index is 0.208. The van der Waals surface area contributed by atoms with Gasteiger partial charge in [-0.1, -0.05) is 13.8 Å². The minimum atomic E-state index is -3.67. The van der Waals surface area contributed by atoms with Gasteiger partial charge in [0.25, 0.3) is 10.2 Å². The second-order valence-corrected chi connectivity index (χ2v) is 3.95. The van der Waals surface area contributed by atoms with Crippen molar-refractivity contribution in [2.75, 3.05) is 6.54 Å². The van der Waals surface area contributed by atoms with E-state index in [0.717, 1.165) is 0 Å². The molecule has 7 heteroatoms. The third-order valence-electron chi connectivity index (χ3n) is 1.34. The van der Waals surface area contributed by atoms with E-state index in [4.69, 9.17) is 5.11 Å². The van der Waals surface area contributed by atoms with Gasteiger partial charge in [-0.15, -0.1) is 0 Å². The second-order valence-electron chi connectivity index (χ2n) is 2.42. The summed E-state index contributed by atoms with van der Waals surface area (Å²) in [5.41, 5.74) is 0. The molecule has 0 aromatic carbocycles. The SMILES string of the molecule is CCNS(=O)(=O)N[C@@H](CC)C(=O)O. The van der Waals surface area contributed by atoms with Gasteiger partial charge in [0, 0.05) is 6.54 Å². The number of hydrogen-bond acceptors (Lipinski definition) is 3. The van der Waals surface area contributed by atoms with Gasteiger partial charge in [-0.2, -0.15) is 13.1 Å². The first-order chi connectivity index (χ1) is 5.93. The van der Waals surface area contributed by atoms with E-state index in [1.807, 2.05) is 4.72 Å². The molecule has 0 aromatic rings. The fraction of sp³-hybridized carbons (Fsp3) is 0.833. The number of carboxylic acids is 1. The molecular weight excluding hydrogens is 196 g/mol. The molecule has 0 heterocycles. The smallest absolute Gasteiger partial charge is 0.321 e. The van der Waals surface area contributed by atoms with Crippen LogP contribution < -0.4 is 9.44 Å². The maximum atomic E-state index is 11.0. The first-order valence-corrected chi connectivity index (χ1v) is 5.41. The highest BCUT2D eigenvalue weighted by Crippen LogP contribution is 1.92. The van der Waals surface area contributed by atoms with Gasteiger partial charge in [-0.3, -0.25) is 4.79 Å². The summed E-state index contributed by atoms with van der Waals surface area (Å²) in [5, 5.41) is 8.55. The van der Waals surface area contributed by atoms with Crippen molar-refractivity contribution in [1.29, 1.82) is 0 Å². The van der Waals surface area contributed by atoms with Crippen LogP contribution in [0, 0.1) is 0 Å². The van der Waals surface area contributed by atoms with Crippen molar-refractivity contribution in [3.63, 3.8) is 0 Å². The fourth-order valence-corrected chi connectivity index (χ4v) is 1.83. The van der Waals surface area contributed by atoms with Crippen LogP contribution in [-0.4, -0.2) is 32.1 Å². The lowest BCUT2D eigenvalue weighted by atomic mass is 10.2. The van der Waals surface area contributed by atoms with Gasteiger partial charge in [0.05, 0.1) is 0 Å². The molecule has 0 aliphatic carbocycles. The van der Waals surface area contributed by atoms with Gasteiger partial charge < -0.3 is 5.11 Å². The topological polar surface area (TPSA) is 95.5 Å². The van der Waals surface area contributed by atoms with Crippen molar-refractivity contribution in [2.24, 2.45) is 0 Å². The van der Waals surface area contributed by atoms with Gasteiger partial charge in [-0.25, -0.2) is 4.72 Å². The van der Waals surface area contributed by atoms with E-state index in [1.54, 1.807) is 13.8 Å². The molecule has 0 saturated heterocycles. The summed E-state index contributed by atoms with van der Waals surface area (Å²) >= 11 is 0. The molecule has 78 valence electrons. The Kier molecular flexibility index (Phi) is 4.89. The monoisotopic (exact) mass is 210 g/mol. The molecule has 0 aliphatic heterocycles. The average Bonchev–Trinajstić information content (AvgIpc) is 1.99. The molecule has 0 saturated carbocycles. The summed E-state index contributed by atoms with van der Waals surface area (Å²) in [7, 11) is -3.67. The van der Waals surface area contributed by atoms with E-state index in [9.17, 15) is 13.2 Å². The van der Waals surface area contributed by atoms with Crippen LogP contribution in [0.5, 0.6) is 0 Å². The largest absolute Gasteiger partial charge is 0.480 e. The summed E-state index contributed by atoms with van der Waals surface area (Å²) in [6, 6.07) is -1.07. The quantitative estimate of drug-likeness (QED) is 0.540. The molecule has 0 fully saturated rings. The number of carbonyl (C=O) groups is 1. The van der Waals surface area contributed by atoms with Crippen molar-refractivity contribution in [3.8, 4) is 0 Å². The van der Waals surface area contributed by atoms with Crippen LogP contribution in [0.1, 0.15) is 20.3 Å². The van der Waals surface area contributed by atoms with Crippen LogP contribution in [0.3, 0.4) is 0 Å². The van der Waals surface area contributed by atoms with E-state index in [1.165, 1.54) is 0 Å². The number of nitrogens with one attached hydrogen (secondary N) is 2. The zero-order chi connectivity index (χ0) is 10.5. The highest BCUT2D eigenvalue weighted by Gasteiger charge is 2.20. The zero-order valence-corrected chi connectivity index (χ0v) is 8.39. The van der Waals surface area contributed by atoms with Crippen molar-refractivity contribution < 1.29 is 18.3 Å². The van der Waals surface area contributed by atoms with Gasteiger partial charge >= 0.3 is 5.97 Å². The summed E-state index contributed by atoms with van der Waals surface area (Å²) in [5.74, 6) is -1.18. The highest BCUT2D eigenvalue weighted by molar-refractivity contribution is 7.87. The first-order valence-electron chi connectivity index (χ1n) is 3.92. The number of carboxylic acid groups (broad SMARTS) is 1. The normalized spacial score (nSPS) is 14.0. The Hall–Kier alpha value is -0.660. The first kappa shape index (κ1) is 12.3. The molecule has 0 aliphatic rings. The standard InChI is InChI=1S/C6H14N2O4S/c1-3-5(6(9)10)8-13(11,12)7-4-2/h5,7-8H,3-4H2,1-2H3,(H,9,10)/t5-/m0/s1. The van der Waals surface area contributed by atoms with Crippen molar-refractivity contribution in [2.45, 2.75) is 26.3 Å². The maximum absolute atomic E-state index is 11.0. The predicted octanol–water partition coefficient (Wildman–Crippen LogP) is -0.706. The van der Waals surface area contributed by atoms with Crippen molar-refractivity contribution in [1.82, 2.24) is 9.44 Å². The molecule has 0 amide bonds. The number of aliphatic carboxylic acids is 1. The lowest BCUT2D eigenvalue weighted by Crippen LogP contribution is -2.45. The third-order valence-corrected chi connectivity index (χ3v) is 2.60. The van der Waals surface area contributed by atoms with Crippen molar-refractivity contribution >= 4 is 16.2 Å². The molecule has 0 spiro atoms. The zero-order valence-electron chi connectivity index (χ0n) is 7.57. The number of hydrogen-bond donors (Lipinski definition) is 3. The maximum Gasteiger partial charge on any atom is 0.321 e. The Bertz CT molecular complexity index is 262. The molecule has 3 N–H and O–H groups in total. The Morgan fingerprint density at radius 1 is 1.46 bits per heavy atom. The van der Waals surface area contributed by atoms with Gasteiger partial charge in [0.2, 0.25) is 0 Å². The molecule has 0 rings (SSSR count). The number of rotatable bonds is 6. The average molecular weight is 210 g/mol. The highest BCUT2D eigenvalue weighted by atomic mass is 32.2. The molecule has 0 bridgehead atoms. The van der Waals surface area contributed by atoms with E-state index < -0.39 is 22.2 Å². The molecule has 0 radical (unpaired) electrons. The Balaban J connectivity index is 4.31. The van der Waals surface area contributed by atoms with Gasteiger partial charge in [0.15, 0.2) is 0 Å². The van der Waals surface area contributed by atoms with Crippen LogP contribution in [-0.2, 0) is 15.0 Å². The van der Waals surface area contributed by atoms with E-state index in [2.05, 4.69) is 4.72 Å². The Morgan fingerprint density at radius 3 is 2.31 bits per heavy atom. The Labute approximate surface area is 77.5 Å².